The van der Waals surface area contributed by atoms with Crippen molar-refractivity contribution in [1.29, 1.82) is 5.26 Å². The fourth-order valence-corrected chi connectivity index (χ4v) is 0.771. The zero-order chi connectivity index (χ0) is 11.9. The van der Waals surface area contributed by atoms with Crippen LogP contribution in [-0.4, -0.2) is 18.0 Å². The third-order valence-corrected chi connectivity index (χ3v) is 1.55. The standard InChI is InChI=1S/C11H19N3O/c1-5-6-13-10(15)9(7-12)8-14-11(2,3)4/h8,14H,5-6H2,1-4H3,(H,13,15)/b9-8-. The molecule has 0 aliphatic heterocycles. The smallest absolute Gasteiger partial charge is 0.263 e. The van der Waals surface area contributed by atoms with E-state index in [2.05, 4.69) is 10.6 Å². The number of nitrogens with one attached hydrogen (secondary N) is 2. The third-order valence-electron chi connectivity index (χ3n) is 1.55. The lowest BCUT2D eigenvalue weighted by Gasteiger charge is -2.18. The molecule has 0 radical (unpaired) electrons. The van der Waals surface area contributed by atoms with Crippen LogP contribution in [0.5, 0.6) is 0 Å². The van der Waals surface area contributed by atoms with E-state index in [1.807, 2.05) is 33.8 Å². The number of carbonyl (C=O) groups is 1. The molecule has 0 saturated heterocycles. The average Bonchev–Trinajstić information content (AvgIpc) is 2.13. The number of nitriles is 1. The van der Waals surface area contributed by atoms with Crippen LogP contribution in [0.15, 0.2) is 11.8 Å². The van der Waals surface area contributed by atoms with Crippen LogP contribution >= 0.6 is 0 Å². The first kappa shape index (κ1) is 13.5. The lowest BCUT2D eigenvalue weighted by Crippen LogP contribution is -2.33. The molecule has 0 aromatic carbocycles. The van der Waals surface area contributed by atoms with Gasteiger partial charge in [-0.3, -0.25) is 4.79 Å². The molecular weight excluding hydrogens is 190 g/mol. The SMILES string of the molecule is CCCNC(=O)/C(C#N)=C\NC(C)(C)C. The maximum Gasteiger partial charge on any atom is 0.263 e. The van der Waals surface area contributed by atoms with Crippen LogP contribution in [0.3, 0.4) is 0 Å². The molecule has 0 aliphatic rings. The fraction of sp³-hybridized carbons (Fsp3) is 0.636. The van der Waals surface area contributed by atoms with Crippen LogP contribution < -0.4 is 10.6 Å². The molecule has 0 aliphatic carbocycles. The Kier molecular flexibility index (Phi) is 5.46. The highest BCUT2D eigenvalue weighted by atomic mass is 16.1. The Morgan fingerprint density at radius 2 is 2.07 bits per heavy atom. The molecule has 2 N–H and O–H groups in total. The van der Waals surface area contributed by atoms with E-state index in [0.29, 0.717) is 6.54 Å². The van der Waals surface area contributed by atoms with Crippen LogP contribution in [0.2, 0.25) is 0 Å². The summed E-state index contributed by atoms with van der Waals surface area (Å²) in [7, 11) is 0. The third kappa shape index (κ3) is 6.55. The lowest BCUT2D eigenvalue weighted by molar-refractivity contribution is -0.117. The van der Waals surface area contributed by atoms with Crippen molar-refractivity contribution in [3.05, 3.63) is 11.8 Å². The largest absolute Gasteiger partial charge is 0.385 e. The minimum atomic E-state index is -0.323. The van der Waals surface area contributed by atoms with Crippen molar-refractivity contribution >= 4 is 5.91 Å². The van der Waals surface area contributed by atoms with Crippen molar-refractivity contribution in [2.75, 3.05) is 6.54 Å². The highest BCUT2D eigenvalue weighted by molar-refractivity contribution is 5.97. The number of rotatable bonds is 4. The van der Waals surface area contributed by atoms with Gasteiger partial charge in [-0.15, -0.1) is 0 Å². The summed E-state index contributed by atoms with van der Waals surface area (Å²) in [6.07, 6.45) is 2.32. The first-order valence-electron chi connectivity index (χ1n) is 5.07. The minimum absolute atomic E-state index is 0.110. The van der Waals surface area contributed by atoms with Crippen molar-refractivity contribution in [3.63, 3.8) is 0 Å². The zero-order valence-corrected chi connectivity index (χ0v) is 9.85. The highest BCUT2D eigenvalue weighted by Crippen LogP contribution is 2.00. The second-order valence-electron chi connectivity index (χ2n) is 4.32. The Hall–Kier alpha value is -1.50. The van der Waals surface area contributed by atoms with Crippen molar-refractivity contribution in [3.8, 4) is 6.07 Å². The predicted octanol–water partition coefficient (Wildman–Crippen LogP) is 1.31. The van der Waals surface area contributed by atoms with Crippen molar-refractivity contribution < 1.29 is 4.79 Å². The maximum absolute atomic E-state index is 11.4. The molecule has 4 heteroatoms. The van der Waals surface area contributed by atoms with Crippen molar-refractivity contribution in [1.82, 2.24) is 10.6 Å². The second-order valence-corrected chi connectivity index (χ2v) is 4.32. The predicted molar refractivity (Wildman–Crippen MR) is 59.9 cm³/mol. The maximum atomic E-state index is 11.4. The Bertz CT molecular complexity index is 281. The topological polar surface area (TPSA) is 64.9 Å². The summed E-state index contributed by atoms with van der Waals surface area (Å²) < 4.78 is 0. The molecular formula is C11H19N3O. The van der Waals surface area contributed by atoms with Gasteiger partial charge in [-0.1, -0.05) is 6.92 Å². The van der Waals surface area contributed by atoms with E-state index < -0.39 is 0 Å². The van der Waals surface area contributed by atoms with E-state index in [1.165, 1.54) is 6.20 Å². The minimum Gasteiger partial charge on any atom is -0.385 e. The normalized spacial score (nSPS) is 11.8. The summed E-state index contributed by atoms with van der Waals surface area (Å²) in [5.74, 6) is -0.323. The summed E-state index contributed by atoms with van der Waals surface area (Å²) in [5, 5.41) is 14.4. The molecule has 0 atom stereocenters. The van der Waals surface area contributed by atoms with Gasteiger partial charge in [0.1, 0.15) is 11.6 Å². The van der Waals surface area contributed by atoms with Gasteiger partial charge >= 0.3 is 0 Å². The van der Waals surface area contributed by atoms with Crippen LogP contribution in [-0.2, 0) is 4.79 Å². The number of hydrogen-bond acceptors (Lipinski definition) is 3. The summed E-state index contributed by atoms with van der Waals surface area (Å²) >= 11 is 0. The van der Waals surface area contributed by atoms with Gasteiger partial charge in [-0.25, -0.2) is 0 Å². The second kappa shape index (κ2) is 6.07. The van der Waals surface area contributed by atoms with E-state index in [9.17, 15) is 4.79 Å². The number of nitrogens with zero attached hydrogens (tertiary/aromatic N) is 1. The molecule has 0 fully saturated rings. The van der Waals surface area contributed by atoms with E-state index in [-0.39, 0.29) is 17.0 Å². The molecule has 15 heavy (non-hydrogen) atoms. The van der Waals surface area contributed by atoms with E-state index in [1.54, 1.807) is 0 Å². The molecule has 84 valence electrons. The first-order valence-corrected chi connectivity index (χ1v) is 5.07. The van der Waals surface area contributed by atoms with Gasteiger partial charge in [0.25, 0.3) is 5.91 Å². The molecule has 0 aromatic rings. The average molecular weight is 209 g/mol. The van der Waals surface area contributed by atoms with Crippen LogP contribution in [0.4, 0.5) is 0 Å². The van der Waals surface area contributed by atoms with E-state index in [4.69, 9.17) is 5.26 Å². The number of carbonyl (C=O) groups excluding carboxylic acids is 1. The highest BCUT2D eigenvalue weighted by Gasteiger charge is 2.10. The van der Waals surface area contributed by atoms with E-state index >= 15 is 0 Å². The monoisotopic (exact) mass is 209 g/mol. The number of hydrogen-bond donors (Lipinski definition) is 2. The molecule has 0 aromatic heterocycles. The van der Waals surface area contributed by atoms with Crippen LogP contribution in [0.25, 0.3) is 0 Å². The Morgan fingerprint density at radius 3 is 2.47 bits per heavy atom. The molecule has 1 amide bonds. The van der Waals surface area contributed by atoms with Crippen molar-refractivity contribution in [2.45, 2.75) is 39.7 Å². The Balaban J connectivity index is 4.37. The molecule has 0 spiro atoms. The zero-order valence-electron chi connectivity index (χ0n) is 9.85. The van der Waals surface area contributed by atoms with Crippen LogP contribution in [0, 0.1) is 11.3 Å². The van der Waals surface area contributed by atoms with Gasteiger partial charge in [0.15, 0.2) is 0 Å². The summed E-state index contributed by atoms with van der Waals surface area (Å²) in [6.45, 7) is 8.43. The van der Waals surface area contributed by atoms with Crippen LogP contribution in [0.1, 0.15) is 34.1 Å². The molecule has 0 heterocycles. The lowest BCUT2D eigenvalue weighted by atomic mass is 10.1. The Morgan fingerprint density at radius 1 is 1.47 bits per heavy atom. The number of amides is 1. The molecule has 0 bridgehead atoms. The molecule has 4 nitrogen and oxygen atoms in total. The first-order chi connectivity index (χ1) is 6.90. The Labute approximate surface area is 91.4 Å². The van der Waals surface area contributed by atoms with Gasteiger partial charge in [-0.05, 0) is 27.2 Å². The molecule has 0 unspecified atom stereocenters. The summed E-state index contributed by atoms with van der Waals surface area (Å²) in [4.78, 5) is 11.4. The van der Waals surface area contributed by atoms with Gasteiger partial charge in [0, 0.05) is 18.3 Å². The van der Waals surface area contributed by atoms with E-state index in [0.717, 1.165) is 6.42 Å². The van der Waals surface area contributed by atoms with Gasteiger partial charge in [-0.2, -0.15) is 5.26 Å². The van der Waals surface area contributed by atoms with Gasteiger partial charge in [0.05, 0.1) is 0 Å². The quantitative estimate of drug-likeness (QED) is 0.542. The molecule has 0 rings (SSSR count). The van der Waals surface area contributed by atoms with Crippen molar-refractivity contribution in [2.24, 2.45) is 0 Å². The summed E-state index contributed by atoms with van der Waals surface area (Å²) in [5.41, 5.74) is -0.0361. The van der Waals surface area contributed by atoms with Gasteiger partial charge in [0.2, 0.25) is 0 Å². The summed E-state index contributed by atoms with van der Waals surface area (Å²) in [6, 6.07) is 1.87. The molecule has 0 saturated carbocycles. The fourth-order valence-electron chi connectivity index (χ4n) is 0.771. The van der Waals surface area contributed by atoms with Gasteiger partial charge < -0.3 is 10.6 Å².